The number of nitrogens with two attached hydrogens (primary N) is 1. The van der Waals surface area contributed by atoms with Crippen LogP contribution in [0, 0.1) is 17.8 Å². The Morgan fingerprint density at radius 3 is 2.83 bits per heavy atom. The number of hydrazine groups is 1. The second-order valence-electron chi connectivity index (χ2n) is 3.51. The van der Waals surface area contributed by atoms with Crippen molar-refractivity contribution in [3.63, 3.8) is 0 Å². The molecule has 0 aliphatic heterocycles. The zero-order valence-corrected chi connectivity index (χ0v) is 7.77. The summed E-state index contributed by atoms with van der Waals surface area (Å²) in [6.45, 7) is 1.88. The average molecular weight is 166 g/mol. The third-order valence-electron chi connectivity index (χ3n) is 2.35. The Hall–Kier alpha value is -0.520. The highest BCUT2D eigenvalue weighted by atomic mass is 15.2. The van der Waals surface area contributed by atoms with E-state index in [0.29, 0.717) is 6.04 Å². The maximum Gasteiger partial charge on any atom is 0.0222 e. The molecule has 0 bridgehead atoms. The summed E-state index contributed by atoms with van der Waals surface area (Å²) in [7, 11) is 0. The van der Waals surface area contributed by atoms with Crippen LogP contribution in [-0.4, -0.2) is 6.04 Å². The Morgan fingerprint density at radius 2 is 2.33 bits per heavy atom. The van der Waals surface area contributed by atoms with Crippen LogP contribution in [0.4, 0.5) is 0 Å². The molecular weight excluding hydrogens is 148 g/mol. The molecule has 1 aliphatic rings. The van der Waals surface area contributed by atoms with Crippen molar-refractivity contribution in [1.82, 2.24) is 5.43 Å². The molecule has 0 aromatic heterocycles. The van der Waals surface area contributed by atoms with Gasteiger partial charge in [0.25, 0.3) is 0 Å². The van der Waals surface area contributed by atoms with Crippen molar-refractivity contribution >= 4 is 0 Å². The van der Waals surface area contributed by atoms with Crippen LogP contribution in [0.15, 0.2) is 0 Å². The van der Waals surface area contributed by atoms with Gasteiger partial charge in [-0.2, -0.15) is 0 Å². The van der Waals surface area contributed by atoms with Gasteiger partial charge in [-0.3, -0.25) is 11.3 Å². The fourth-order valence-electron chi connectivity index (χ4n) is 1.40. The molecule has 12 heavy (non-hydrogen) atoms. The van der Waals surface area contributed by atoms with Crippen molar-refractivity contribution in [2.24, 2.45) is 11.8 Å². The summed E-state index contributed by atoms with van der Waals surface area (Å²) in [5.74, 6) is 12.3. The van der Waals surface area contributed by atoms with Crippen molar-refractivity contribution in [1.29, 1.82) is 0 Å². The fraction of sp³-hybridized carbons (Fsp3) is 0.800. The molecule has 0 radical (unpaired) electrons. The first kappa shape index (κ1) is 9.57. The van der Waals surface area contributed by atoms with Crippen molar-refractivity contribution in [2.75, 3.05) is 0 Å². The fourth-order valence-corrected chi connectivity index (χ4v) is 1.40. The molecule has 1 unspecified atom stereocenters. The first-order valence-electron chi connectivity index (χ1n) is 4.72. The molecule has 1 fully saturated rings. The molecule has 0 aromatic rings. The predicted molar refractivity (Wildman–Crippen MR) is 51.1 cm³/mol. The van der Waals surface area contributed by atoms with E-state index in [1.54, 1.807) is 0 Å². The lowest BCUT2D eigenvalue weighted by Gasteiger charge is -2.13. The number of hydrogen-bond donors (Lipinski definition) is 2. The van der Waals surface area contributed by atoms with E-state index in [1.165, 1.54) is 19.3 Å². The Balaban J connectivity index is 2.09. The van der Waals surface area contributed by atoms with Gasteiger partial charge >= 0.3 is 0 Å². The molecule has 3 N–H and O–H groups in total. The lowest BCUT2D eigenvalue weighted by atomic mass is 10.1. The topological polar surface area (TPSA) is 38.0 Å². The first-order chi connectivity index (χ1) is 5.86. The molecule has 1 rings (SSSR count). The molecule has 2 nitrogen and oxygen atoms in total. The van der Waals surface area contributed by atoms with E-state index in [4.69, 9.17) is 5.84 Å². The molecule has 0 spiro atoms. The molecule has 1 atom stereocenters. The first-order valence-corrected chi connectivity index (χ1v) is 4.72. The van der Waals surface area contributed by atoms with Gasteiger partial charge in [-0.05, 0) is 25.7 Å². The van der Waals surface area contributed by atoms with E-state index < -0.39 is 0 Å². The van der Waals surface area contributed by atoms with Crippen molar-refractivity contribution in [3.8, 4) is 11.8 Å². The third-order valence-corrected chi connectivity index (χ3v) is 2.35. The van der Waals surface area contributed by atoms with Gasteiger partial charge in [-0.15, -0.1) is 11.8 Å². The number of hydrogen-bond acceptors (Lipinski definition) is 2. The summed E-state index contributed by atoms with van der Waals surface area (Å²) < 4.78 is 0. The SMILES string of the molecule is CC#CCCC(CC1CC1)NN. The maximum absolute atomic E-state index is 5.43. The van der Waals surface area contributed by atoms with E-state index in [1.807, 2.05) is 6.92 Å². The highest BCUT2D eigenvalue weighted by Gasteiger charge is 2.24. The van der Waals surface area contributed by atoms with Crippen LogP contribution in [0.3, 0.4) is 0 Å². The van der Waals surface area contributed by atoms with Gasteiger partial charge < -0.3 is 0 Å². The van der Waals surface area contributed by atoms with Gasteiger partial charge in [-0.25, -0.2) is 0 Å². The summed E-state index contributed by atoms with van der Waals surface area (Å²) in [4.78, 5) is 0. The zero-order valence-electron chi connectivity index (χ0n) is 7.77. The third kappa shape index (κ3) is 3.75. The van der Waals surface area contributed by atoms with Gasteiger partial charge in [0.2, 0.25) is 0 Å². The van der Waals surface area contributed by atoms with Crippen LogP contribution < -0.4 is 11.3 Å². The van der Waals surface area contributed by atoms with E-state index in [-0.39, 0.29) is 0 Å². The minimum atomic E-state index is 0.485. The van der Waals surface area contributed by atoms with Crippen LogP contribution >= 0.6 is 0 Å². The van der Waals surface area contributed by atoms with Crippen LogP contribution in [-0.2, 0) is 0 Å². The maximum atomic E-state index is 5.43. The molecule has 1 saturated carbocycles. The van der Waals surface area contributed by atoms with Gasteiger partial charge in [0.15, 0.2) is 0 Å². The van der Waals surface area contributed by atoms with Gasteiger partial charge in [-0.1, -0.05) is 12.8 Å². The monoisotopic (exact) mass is 166 g/mol. The Kier molecular flexibility index (Phi) is 4.13. The lowest BCUT2D eigenvalue weighted by molar-refractivity contribution is 0.446. The lowest BCUT2D eigenvalue weighted by Crippen LogP contribution is -2.35. The molecule has 0 saturated heterocycles. The van der Waals surface area contributed by atoms with E-state index in [9.17, 15) is 0 Å². The van der Waals surface area contributed by atoms with Crippen LogP contribution in [0.25, 0.3) is 0 Å². The minimum absolute atomic E-state index is 0.485. The van der Waals surface area contributed by atoms with Crippen molar-refractivity contribution in [2.45, 2.75) is 45.1 Å². The molecule has 0 aromatic carbocycles. The largest absolute Gasteiger partial charge is 0.271 e. The quantitative estimate of drug-likeness (QED) is 0.368. The van der Waals surface area contributed by atoms with Crippen LogP contribution in [0.1, 0.15) is 39.0 Å². The Bertz CT molecular complexity index is 174. The van der Waals surface area contributed by atoms with Gasteiger partial charge in [0, 0.05) is 12.5 Å². The molecule has 0 amide bonds. The van der Waals surface area contributed by atoms with E-state index >= 15 is 0 Å². The van der Waals surface area contributed by atoms with Crippen molar-refractivity contribution < 1.29 is 0 Å². The van der Waals surface area contributed by atoms with E-state index in [2.05, 4.69) is 17.3 Å². The van der Waals surface area contributed by atoms with Crippen molar-refractivity contribution in [3.05, 3.63) is 0 Å². The highest BCUT2D eigenvalue weighted by Crippen LogP contribution is 2.34. The second kappa shape index (κ2) is 5.18. The standard InChI is InChI=1S/C10H18N2/c1-2-3-4-5-10(12-11)8-9-6-7-9/h9-10,12H,4-8,11H2,1H3. The Labute approximate surface area is 74.9 Å². The Morgan fingerprint density at radius 1 is 1.58 bits per heavy atom. The molecular formula is C10H18N2. The number of nitrogens with one attached hydrogen (secondary N) is 1. The van der Waals surface area contributed by atoms with Gasteiger partial charge in [0.05, 0.1) is 0 Å². The highest BCUT2D eigenvalue weighted by molar-refractivity contribution is 4.95. The normalized spacial score (nSPS) is 18.2. The predicted octanol–water partition coefficient (Wildman–Crippen LogP) is 1.42. The molecule has 68 valence electrons. The average Bonchev–Trinajstić information content (AvgIpc) is 2.87. The summed E-state index contributed by atoms with van der Waals surface area (Å²) in [6, 6.07) is 0.485. The van der Waals surface area contributed by atoms with E-state index in [0.717, 1.165) is 18.8 Å². The minimum Gasteiger partial charge on any atom is -0.271 e. The molecule has 0 heterocycles. The van der Waals surface area contributed by atoms with Gasteiger partial charge in [0.1, 0.15) is 0 Å². The summed E-state index contributed by atoms with van der Waals surface area (Å²) in [5, 5.41) is 0. The smallest absolute Gasteiger partial charge is 0.0222 e. The zero-order chi connectivity index (χ0) is 8.81. The second-order valence-corrected chi connectivity index (χ2v) is 3.51. The number of rotatable bonds is 5. The summed E-state index contributed by atoms with van der Waals surface area (Å²) in [5.41, 5.74) is 2.86. The molecule has 1 aliphatic carbocycles. The summed E-state index contributed by atoms with van der Waals surface area (Å²) in [6.07, 6.45) is 6.10. The summed E-state index contributed by atoms with van der Waals surface area (Å²) >= 11 is 0. The van der Waals surface area contributed by atoms with Crippen LogP contribution in [0.2, 0.25) is 0 Å². The molecule has 2 heteroatoms. The van der Waals surface area contributed by atoms with Crippen LogP contribution in [0.5, 0.6) is 0 Å².